The van der Waals surface area contributed by atoms with Gasteiger partial charge in [-0.15, -0.1) is 0 Å². The van der Waals surface area contributed by atoms with Crippen LogP contribution in [-0.2, 0) is 38.0 Å². The zero-order valence-corrected chi connectivity index (χ0v) is 21.8. The van der Waals surface area contributed by atoms with Gasteiger partial charge in [-0.25, -0.2) is 4.39 Å². The van der Waals surface area contributed by atoms with Crippen molar-refractivity contribution in [2.75, 3.05) is 38.7 Å². The normalized spacial score (nSPS) is 20.2. The summed E-state index contributed by atoms with van der Waals surface area (Å²) < 4.78 is 71.6. The van der Waals surface area contributed by atoms with Crippen LogP contribution < -0.4 is 5.32 Å². The lowest BCUT2D eigenvalue weighted by Crippen LogP contribution is -2.47. The summed E-state index contributed by atoms with van der Waals surface area (Å²) in [5.41, 5.74) is 3.50. The van der Waals surface area contributed by atoms with E-state index >= 15 is 0 Å². The maximum Gasteiger partial charge on any atom is 0.261 e. The fourth-order valence-corrected chi connectivity index (χ4v) is 4.22. The maximum absolute atomic E-state index is 13.6. The first-order valence-corrected chi connectivity index (χ1v) is 14.7. The number of rotatable bonds is 4. The molecule has 0 radical (unpaired) electrons. The first kappa shape index (κ1) is 29.6. The van der Waals surface area contributed by atoms with Gasteiger partial charge in [0.25, 0.3) is 20.2 Å². The van der Waals surface area contributed by atoms with Gasteiger partial charge in [0.1, 0.15) is 5.82 Å². The van der Waals surface area contributed by atoms with Crippen molar-refractivity contribution < 1.29 is 35.1 Å². The van der Waals surface area contributed by atoms with Crippen LogP contribution in [0.15, 0.2) is 42.5 Å². The summed E-state index contributed by atoms with van der Waals surface area (Å²) in [5.74, 6) is -0.320. The molecule has 3 N–H and O–H groups in total. The zero-order chi connectivity index (χ0) is 26.2. The van der Waals surface area contributed by atoms with Crippen molar-refractivity contribution in [3.05, 3.63) is 70.0 Å². The van der Waals surface area contributed by atoms with Crippen molar-refractivity contribution in [3.8, 4) is 0 Å². The average molecular weight is 553 g/mol. The molecule has 0 spiro atoms. The lowest BCUT2D eigenvalue weighted by atomic mass is 10.1. The smallest absolute Gasteiger partial charge is 0.261 e. The summed E-state index contributed by atoms with van der Waals surface area (Å²) in [6.45, 7) is 4.42. The van der Waals surface area contributed by atoms with Crippen LogP contribution in [0.5, 0.6) is 0 Å². The zero-order valence-electron chi connectivity index (χ0n) is 19.4. The highest BCUT2D eigenvalue weighted by Crippen LogP contribution is 2.38. The Labute approximate surface area is 210 Å². The van der Waals surface area contributed by atoms with Crippen LogP contribution >= 0.6 is 11.6 Å². The fourth-order valence-electron chi connectivity index (χ4n) is 3.98. The molecule has 9 nitrogen and oxygen atoms in total. The first-order valence-electron chi connectivity index (χ1n) is 10.6. The topological polar surface area (TPSA) is 133 Å². The summed E-state index contributed by atoms with van der Waals surface area (Å²) in [5, 5.41) is 3.82. The molecule has 196 valence electrons. The number of ether oxygens (including phenoxy) is 1. The Kier molecular flexibility index (Phi) is 11.0. The third kappa shape index (κ3) is 11.8. The van der Waals surface area contributed by atoms with Crippen LogP contribution in [0, 0.1) is 5.82 Å². The minimum atomic E-state index is -3.67. The molecule has 2 atom stereocenters. The summed E-state index contributed by atoms with van der Waals surface area (Å²) in [6, 6.07) is 13.4. The van der Waals surface area contributed by atoms with E-state index in [9.17, 15) is 21.2 Å². The van der Waals surface area contributed by atoms with Crippen molar-refractivity contribution in [1.29, 1.82) is 0 Å². The van der Waals surface area contributed by atoms with Gasteiger partial charge < -0.3 is 10.1 Å². The molecule has 1 aliphatic heterocycles. The van der Waals surface area contributed by atoms with Gasteiger partial charge in [0.2, 0.25) is 0 Å². The highest BCUT2D eigenvalue weighted by molar-refractivity contribution is 7.85. The molecule has 0 amide bonds. The molecule has 1 aliphatic carbocycles. The Morgan fingerprint density at radius 1 is 1.06 bits per heavy atom. The van der Waals surface area contributed by atoms with E-state index in [0.717, 1.165) is 38.2 Å². The molecule has 0 aromatic heterocycles. The van der Waals surface area contributed by atoms with E-state index in [0.29, 0.717) is 24.1 Å². The molecule has 4 rings (SSSR count). The molecule has 1 heterocycles. The standard InChI is InChI=1S/C20H22ClFN2O.2CH4O3S/c21-16-9-14(10-17(22)12-16)13-25-19-11-15-3-1-2-4-18(15)20(19)24-7-5-23-6-8-24;2*1-5(2,3)4/h1-4,9-10,12,19-20,23H,5-8,11,13H2;2*1H3,(H,2,3,4)/t19-,20-;;/m1../s1. The molecule has 0 unspecified atom stereocenters. The largest absolute Gasteiger partial charge is 0.371 e. The highest BCUT2D eigenvalue weighted by atomic mass is 35.5. The van der Waals surface area contributed by atoms with Gasteiger partial charge in [0.05, 0.1) is 31.3 Å². The van der Waals surface area contributed by atoms with E-state index in [-0.39, 0.29) is 18.0 Å². The lowest BCUT2D eigenvalue weighted by Gasteiger charge is -2.36. The lowest BCUT2D eigenvalue weighted by molar-refractivity contribution is -0.0189. The molecule has 2 aromatic carbocycles. The van der Waals surface area contributed by atoms with E-state index in [2.05, 4.69) is 34.5 Å². The molecule has 2 aliphatic rings. The predicted molar refractivity (Wildman–Crippen MR) is 132 cm³/mol. The van der Waals surface area contributed by atoms with Crippen LogP contribution in [0.3, 0.4) is 0 Å². The Morgan fingerprint density at radius 2 is 1.63 bits per heavy atom. The van der Waals surface area contributed by atoms with Crippen LogP contribution in [0.2, 0.25) is 5.02 Å². The number of halogens is 2. The molecular weight excluding hydrogens is 523 g/mol. The Morgan fingerprint density at radius 3 is 2.20 bits per heavy atom. The minimum absolute atomic E-state index is 0.0811. The van der Waals surface area contributed by atoms with Gasteiger partial charge in [-0.1, -0.05) is 35.9 Å². The number of nitrogens with one attached hydrogen (secondary N) is 1. The molecule has 35 heavy (non-hydrogen) atoms. The van der Waals surface area contributed by atoms with Crippen molar-refractivity contribution in [1.82, 2.24) is 10.2 Å². The number of fused-ring (bicyclic) bond motifs is 1. The molecule has 13 heteroatoms. The van der Waals surface area contributed by atoms with Crippen LogP contribution in [0.25, 0.3) is 0 Å². The van der Waals surface area contributed by atoms with Crippen molar-refractivity contribution in [2.24, 2.45) is 0 Å². The summed E-state index contributed by atoms with van der Waals surface area (Å²) in [4.78, 5) is 2.51. The third-order valence-corrected chi connectivity index (χ3v) is 5.30. The van der Waals surface area contributed by atoms with E-state index in [1.54, 1.807) is 6.07 Å². The average Bonchev–Trinajstić information content (AvgIpc) is 3.08. The van der Waals surface area contributed by atoms with E-state index in [1.807, 2.05) is 0 Å². The monoisotopic (exact) mass is 552 g/mol. The second-order valence-electron chi connectivity index (χ2n) is 8.23. The van der Waals surface area contributed by atoms with E-state index in [1.165, 1.54) is 23.3 Å². The highest BCUT2D eigenvalue weighted by Gasteiger charge is 2.37. The summed E-state index contributed by atoms with van der Waals surface area (Å²) >= 11 is 5.96. The Bertz CT molecular complexity index is 1120. The van der Waals surface area contributed by atoms with Gasteiger partial charge in [-0.3, -0.25) is 14.0 Å². The first-order chi connectivity index (χ1) is 16.2. The van der Waals surface area contributed by atoms with Crippen LogP contribution in [0.1, 0.15) is 22.7 Å². The van der Waals surface area contributed by atoms with Crippen molar-refractivity contribution >= 4 is 31.8 Å². The van der Waals surface area contributed by atoms with E-state index < -0.39 is 20.2 Å². The van der Waals surface area contributed by atoms with Gasteiger partial charge in [0.15, 0.2) is 0 Å². The Hall–Kier alpha value is -1.64. The quantitative estimate of drug-likeness (QED) is 0.489. The molecule has 0 saturated carbocycles. The van der Waals surface area contributed by atoms with Crippen molar-refractivity contribution in [3.63, 3.8) is 0 Å². The maximum atomic E-state index is 13.6. The second-order valence-corrected chi connectivity index (χ2v) is 11.6. The molecular formula is C22H30ClFN2O7S2. The predicted octanol–water partition coefficient (Wildman–Crippen LogP) is 2.57. The molecule has 2 aromatic rings. The molecule has 1 fully saturated rings. The van der Waals surface area contributed by atoms with Gasteiger partial charge in [-0.05, 0) is 34.9 Å². The fraction of sp³-hybridized carbons (Fsp3) is 0.455. The second kappa shape index (κ2) is 13.1. The summed E-state index contributed by atoms with van der Waals surface area (Å²) in [7, 11) is -7.33. The minimum Gasteiger partial charge on any atom is -0.371 e. The number of nitrogens with zero attached hydrogens (tertiary/aromatic N) is 1. The van der Waals surface area contributed by atoms with Gasteiger partial charge in [-0.2, -0.15) is 16.8 Å². The summed E-state index contributed by atoms with van der Waals surface area (Å²) in [6.07, 6.45) is 2.41. The van der Waals surface area contributed by atoms with Gasteiger partial charge in [0, 0.05) is 37.6 Å². The van der Waals surface area contributed by atoms with Crippen LogP contribution in [0.4, 0.5) is 4.39 Å². The van der Waals surface area contributed by atoms with Crippen LogP contribution in [-0.4, -0.2) is 75.6 Å². The molecule has 0 bridgehead atoms. The number of hydrogen-bond acceptors (Lipinski definition) is 7. The van der Waals surface area contributed by atoms with Gasteiger partial charge >= 0.3 is 0 Å². The van der Waals surface area contributed by atoms with Crippen molar-refractivity contribution in [2.45, 2.75) is 25.2 Å². The number of benzene rings is 2. The van der Waals surface area contributed by atoms with E-state index in [4.69, 9.17) is 25.4 Å². The number of piperazine rings is 1. The number of hydrogen-bond donors (Lipinski definition) is 3. The Balaban J connectivity index is 0.000000368. The third-order valence-electron chi connectivity index (χ3n) is 5.08. The SMILES string of the molecule is CS(=O)(=O)O.CS(=O)(=O)O.Fc1cc(Cl)cc(CO[C@@H]2Cc3ccccc3[C@H]2N2CCNCC2)c1. The molecule has 1 saturated heterocycles.